The van der Waals surface area contributed by atoms with Crippen molar-refractivity contribution in [3.8, 4) is 12.3 Å². The van der Waals surface area contributed by atoms with Crippen LogP contribution in [0.15, 0.2) is 11.6 Å². The Labute approximate surface area is 223 Å². The molecular formula is C31H54O4Si. The Morgan fingerprint density at radius 1 is 1.11 bits per heavy atom. The molecule has 36 heavy (non-hydrogen) atoms. The molecule has 2 aliphatic heterocycles. The summed E-state index contributed by atoms with van der Waals surface area (Å²) in [7, 11) is -2.11. The van der Waals surface area contributed by atoms with E-state index in [0.717, 1.165) is 18.4 Å². The van der Waals surface area contributed by atoms with E-state index in [9.17, 15) is 4.79 Å². The summed E-state index contributed by atoms with van der Waals surface area (Å²) in [6.45, 7) is 24.7. The predicted molar refractivity (Wildman–Crippen MR) is 152 cm³/mol. The van der Waals surface area contributed by atoms with Crippen molar-refractivity contribution in [3.63, 3.8) is 0 Å². The summed E-state index contributed by atoms with van der Waals surface area (Å²) < 4.78 is 20.3. The second-order valence-electron chi connectivity index (χ2n) is 12.9. The highest BCUT2D eigenvalue weighted by molar-refractivity contribution is 6.77. The maximum Gasteiger partial charge on any atom is 0.201 e. The number of ketones is 1. The maximum atomic E-state index is 12.8. The van der Waals surface area contributed by atoms with E-state index < -0.39 is 14.1 Å². The molecule has 0 N–H and O–H groups in total. The SMILES string of the molecule is C#C[C@H](C)[C@H](O[Si](C(C)C)(C(C)C)C(C)C)/C(C)=C/C[C@@H]1CC(=O)C[C@]2(CC[C@H](C)[C@@H](C(C)C)O2)O1. The third-order valence-corrected chi connectivity index (χ3v) is 14.8. The average Bonchev–Trinajstić information content (AvgIpc) is 2.78. The molecule has 0 aromatic heterocycles. The molecule has 0 radical (unpaired) electrons. The zero-order valence-corrected chi connectivity index (χ0v) is 26.0. The minimum atomic E-state index is -2.11. The van der Waals surface area contributed by atoms with Crippen LogP contribution in [0.2, 0.25) is 16.6 Å². The number of rotatable bonds is 10. The summed E-state index contributed by atoms with van der Waals surface area (Å²) >= 11 is 0. The number of carbonyl (C=O) groups is 1. The number of hydrogen-bond acceptors (Lipinski definition) is 4. The van der Waals surface area contributed by atoms with Crippen LogP contribution in [0.3, 0.4) is 0 Å². The van der Waals surface area contributed by atoms with Crippen LogP contribution in [0.1, 0.15) is 108 Å². The third-order valence-electron chi connectivity index (χ3n) is 8.76. The van der Waals surface area contributed by atoms with Gasteiger partial charge in [-0.05, 0) is 60.7 Å². The van der Waals surface area contributed by atoms with E-state index in [2.05, 4.69) is 88.2 Å². The smallest absolute Gasteiger partial charge is 0.201 e. The van der Waals surface area contributed by atoms with E-state index in [-0.39, 0.29) is 30.0 Å². The number of carbonyl (C=O) groups excluding carboxylic acids is 1. The van der Waals surface area contributed by atoms with Crippen LogP contribution in [0.4, 0.5) is 0 Å². The van der Waals surface area contributed by atoms with Crippen molar-refractivity contribution < 1.29 is 18.7 Å². The van der Waals surface area contributed by atoms with E-state index in [4.69, 9.17) is 20.3 Å². The topological polar surface area (TPSA) is 44.8 Å². The monoisotopic (exact) mass is 518 g/mol. The zero-order chi connectivity index (χ0) is 27.4. The van der Waals surface area contributed by atoms with Gasteiger partial charge in [-0.25, -0.2) is 0 Å². The molecule has 4 nitrogen and oxygen atoms in total. The van der Waals surface area contributed by atoms with Crippen molar-refractivity contribution in [1.82, 2.24) is 0 Å². The molecule has 0 unspecified atom stereocenters. The number of Topliss-reactive ketones (excluding diaryl/α,β-unsaturated/α-hetero) is 1. The Hall–Kier alpha value is -0.933. The van der Waals surface area contributed by atoms with Crippen LogP contribution in [0, 0.1) is 30.1 Å². The molecule has 0 saturated carbocycles. The summed E-state index contributed by atoms with van der Waals surface area (Å²) in [4.78, 5) is 12.8. The fraction of sp³-hybridized carbons (Fsp3) is 0.839. The maximum absolute atomic E-state index is 12.8. The van der Waals surface area contributed by atoms with Crippen LogP contribution in [0.25, 0.3) is 0 Å². The molecule has 2 heterocycles. The summed E-state index contributed by atoms with van der Waals surface area (Å²) in [5.41, 5.74) is 2.60. The first-order chi connectivity index (χ1) is 16.7. The van der Waals surface area contributed by atoms with Crippen molar-refractivity contribution >= 4 is 14.1 Å². The van der Waals surface area contributed by atoms with Gasteiger partial charge < -0.3 is 13.9 Å². The van der Waals surface area contributed by atoms with E-state index in [1.807, 2.05) is 0 Å². The Morgan fingerprint density at radius 2 is 1.69 bits per heavy atom. The molecule has 0 aromatic carbocycles. The van der Waals surface area contributed by atoms with Gasteiger partial charge in [-0.15, -0.1) is 12.3 Å². The lowest BCUT2D eigenvalue weighted by Crippen LogP contribution is -2.53. The number of hydrogen-bond donors (Lipinski definition) is 0. The standard InChI is InChI=1S/C31H54O4Si/c1-13-24(10)30(35-36(21(4)5,22(6)7)23(8)9)25(11)14-15-28-18-27(32)19-31(33-28)17-16-26(12)29(34-31)20(2)3/h1,14,20-24,26,28-30H,15-19H2,2-12H3/b25-14+/t24-,26-,28+,29+,30-,31+/m0/s1. The summed E-state index contributed by atoms with van der Waals surface area (Å²) in [6.07, 6.45) is 11.3. The van der Waals surface area contributed by atoms with Crippen molar-refractivity contribution in [2.75, 3.05) is 0 Å². The fourth-order valence-electron chi connectivity index (χ4n) is 6.93. The highest BCUT2D eigenvalue weighted by Crippen LogP contribution is 2.45. The normalized spacial score (nSPS) is 29.9. The number of terminal acetylenes is 1. The minimum Gasteiger partial charge on any atom is -0.408 e. The van der Waals surface area contributed by atoms with Crippen molar-refractivity contribution in [3.05, 3.63) is 11.6 Å². The van der Waals surface area contributed by atoms with Crippen LogP contribution < -0.4 is 0 Å². The van der Waals surface area contributed by atoms with Gasteiger partial charge in [0.05, 0.1) is 24.7 Å². The van der Waals surface area contributed by atoms with Crippen LogP contribution in [-0.2, 0) is 18.7 Å². The lowest BCUT2D eigenvalue weighted by atomic mass is 9.83. The van der Waals surface area contributed by atoms with Gasteiger partial charge in [-0.1, -0.05) is 68.4 Å². The Kier molecular flexibility index (Phi) is 11.1. The highest BCUT2D eigenvalue weighted by atomic mass is 28.4. The van der Waals surface area contributed by atoms with E-state index >= 15 is 0 Å². The molecule has 0 amide bonds. The quantitative estimate of drug-likeness (QED) is 0.167. The van der Waals surface area contributed by atoms with Crippen LogP contribution >= 0.6 is 0 Å². The van der Waals surface area contributed by atoms with Gasteiger partial charge in [0.1, 0.15) is 5.78 Å². The second-order valence-corrected chi connectivity index (χ2v) is 18.3. The fourth-order valence-corrected chi connectivity index (χ4v) is 12.6. The molecule has 0 aliphatic carbocycles. The third kappa shape index (κ3) is 6.93. The van der Waals surface area contributed by atoms with Crippen LogP contribution in [-0.4, -0.2) is 38.2 Å². The molecule has 1 spiro atoms. The summed E-state index contributed by atoms with van der Waals surface area (Å²) in [5, 5.41) is 0. The largest absolute Gasteiger partial charge is 0.408 e. The molecule has 2 rings (SSSR count). The Bertz CT molecular complexity index is 786. The molecule has 206 valence electrons. The van der Waals surface area contributed by atoms with Gasteiger partial charge in [0.25, 0.3) is 0 Å². The van der Waals surface area contributed by atoms with Gasteiger partial charge >= 0.3 is 0 Å². The number of ether oxygens (including phenoxy) is 2. The molecule has 5 heteroatoms. The van der Waals surface area contributed by atoms with E-state index in [1.54, 1.807) is 0 Å². The lowest BCUT2D eigenvalue weighted by Gasteiger charge is -2.48. The molecule has 0 aromatic rings. The highest BCUT2D eigenvalue weighted by Gasteiger charge is 2.49. The molecule has 2 saturated heterocycles. The van der Waals surface area contributed by atoms with Crippen molar-refractivity contribution in [1.29, 1.82) is 0 Å². The second kappa shape index (κ2) is 12.7. The lowest BCUT2D eigenvalue weighted by molar-refractivity contribution is -0.319. The van der Waals surface area contributed by atoms with Gasteiger partial charge in [-0.3, -0.25) is 4.79 Å². The average molecular weight is 519 g/mol. The molecule has 2 fully saturated rings. The molecule has 6 atom stereocenters. The van der Waals surface area contributed by atoms with Gasteiger partial charge in [0.2, 0.25) is 8.32 Å². The first kappa shape index (κ1) is 31.3. The van der Waals surface area contributed by atoms with Gasteiger partial charge in [0, 0.05) is 18.8 Å². The van der Waals surface area contributed by atoms with E-state index in [1.165, 1.54) is 0 Å². The van der Waals surface area contributed by atoms with E-state index in [0.29, 0.717) is 47.7 Å². The minimum absolute atomic E-state index is 0.0282. The predicted octanol–water partition coefficient (Wildman–Crippen LogP) is 8.07. The summed E-state index contributed by atoms with van der Waals surface area (Å²) in [5.74, 6) is 3.27. The van der Waals surface area contributed by atoms with Crippen molar-refractivity contribution in [2.24, 2.45) is 17.8 Å². The first-order valence-electron chi connectivity index (χ1n) is 14.4. The van der Waals surface area contributed by atoms with Crippen molar-refractivity contribution in [2.45, 2.75) is 149 Å². The molecular weight excluding hydrogens is 464 g/mol. The summed E-state index contributed by atoms with van der Waals surface area (Å²) in [6, 6.07) is 0. The molecule has 2 aliphatic rings. The Balaban J connectivity index is 2.25. The Morgan fingerprint density at radius 3 is 2.19 bits per heavy atom. The zero-order valence-electron chi connectivity index (χ0n) is 25.0. The molecule has 0 bridgehead atoms. The van der Waals surface area contributed by atoms with Gasteiger partial charge in [-0.2, -0.15) is 0 Å². The van der Waals surface area contributed by atoms with Gasteiger partial charge in [0.15, 0.2) is 5.79 Å². The first-order valence-corrected chi connectivity index (χ1v) is 16.5. The van der Waals surface area contributed by atoms with Crippen LogP contribution in [0.5, 0.6) is 0 Å².